The predicted molar refractivity (Wildman–Crippen MR) is 155 cm³/mol. The number of benzene rings is 2. The Morgan fingerprint density at radius 3 is 1.33 bits per heavy atom. The second kappa shape index (κ2) is 9.95. The maximum Gasteiger partial charge on any atom is 0.463 e. The fourth-order valence-electron chi connectivity index (χ4n) is 4.43. The first kappa shape index (κ1) is 29.0. The van der Waals surface area contributed by atoms with Crippen molar-refractivity contribution in [1.29, 1.82) is 0 Å². The Hall–Kier alpha value is -1.57. The molecule has 36 heavy (non-hydrogen) atoms. The highest BCUT2D eigenvalue weighted by molar-refractivity contribution is 7.42. The average molecular weight is 513 g/mol. The van der Waals surface area contributed by atoms with Crippen LogP contribution in [0.4, 0.5) is 0 Å². The first-order valence-corrected chi connectivity index (χ1v) is 14.6. The van der Waals surface area contributed by atoms with Gasteiger partial charge in [-0.25, -0.2) is 0 Å². The van der Waals surface area contributed by atoms with Crippen molar-refractivity contribution in [1.82, 2.24) is 0 Å². The summed E-state index contributed by atoms with van der Waals surface area (Å²) < 4.78 is 19.6. The molecule has 200 valence electrons. The van der Waals surface area contributed by atoms with E-state index in [0.29, 0.717) is 6.61 Å². The van der Waals surface area contributed by atoms with Gasteiger partial charge in [0, 0.05) is 17.5 Å². The van der Waals surface area contributed by atoms with Gasteiger partial charge >= 0.3 is 8.60 Å². The van der Waals surface area contributed by atoms with Crippen LogP contribution in [0.5, 0.6) is 11.5 Å². The van der Waals surface area contributed by atoms with Gasteiger partial charge in [0.25, 0.3) is 0 Å². The van der Waals surface area contributed by atoms with Crippen LogP contribution in [0.2, 0.25) is 0 Å². The molecule has 0 saturated carbocycles. The zero-order chi connectivity index (χ0) is 27.3. The van der Waals surface area contributed by atoms with E-state index in [1.807, 2.05) is 0 Å². The normalized spacial score (nSPS) is 15.4. The van der Waals surface area contributed by atoms with Gasteiger partial charge in [-0.05, 0) is 50.3 Å². The van der Waals surface area contributed by atoms with E-state index in [1.165, 1.54) is 33.4 Å². The Morgan fingerprint density at radius 1 is 0.639 bits per heavy atom. The molecule has 0 amide bonds. The van der Waals surface area contributed by atoms with Gasteiger partial charge in [0.05, 0.1) is 6.61 Å². The minimum atomic E-state index is -1.60. The molecule has 1 heterocycles. The number of hydrogen-bond acceptors (Lipinski definition) is 3. The Kier molecular flexibility index (Phi) is 8.02. The molecule has 0 bridgehead atoms. The molecule has 1 aliphatic rings. The quantitative estimate of drug-likeness (QED) is 0.383. The van der Waals surface area contributed by atoms with E-state index in [9.17, 15) is 0 Å². The van der Waals surface area contributed by atoms with Gasteiger partial charge in [-0.2, -0.15) is 0 Å². The number of hydrogen-bond donors (Lipinski definition) is 0. The van der Waals surface area contributed by atoms with Gasteiger partial charge in [0.1, 0.15) is 11.5 Å². The molecule has 0 saturated heterocycles. The lowest BCUT2D eigenvalue weighted by molar-refractivity contribution is 0.260. The summed E-state index contributed by atoms with van der Waals surface area (Å²) in [5.41, 5.74) is 7.44. The van der Waals surface area contributed by atoms with Crippen molar-refractivity contribution >= 4 is 8.60 Å². The molecule has 0 unspecified atom stereocenters. The molecular formula is C32H49O3P. The SMILES string of the molecule is CCCOP1Oc2c(cc(C(C)(C)C)cc2C(C)(C)C)Cc2cc(C(C)(C)C)cc(C(C)(C)C)c2O1. The van der Waals surface area contributed by atoms with Crippen LogP contribution in [0.25, 0.3) is 0 Å². The van der Waals surface area contributed by atoms with E-state index in [0.717, 1.165) is 24.3 Å². The summed E-state index contributed by atoms with van der Waals surface area (Å²) in [7, 11) is -1.60. The average Bonchev–Trinajstić information content (AvgIpc) is 2.68. The van der Waals surface area contributed by atoms with E-state index in [-0.39, 0.29) is 21.7 Å². The first-order chi connectivity index (χ1) is 16.3. The van der Waals surface area contributed by atoms with Crippen molar-refractivity contribution in [2.24, 2.45) is 0 Å². The molecule has 0 N–H and O–H groups in total. The Labute approximate surface area is 222 Å². The monoisotopic (exact) mass is 512 g/mol. The maximum atomic E-state index is 6.71. The third-order valence-electron chi connectivity index (χ3n) is 6.79. The summed E-state index contributed by atoms with van der Waals surface area (Å²) in [5.74, 6) is 1.86. The van der Waals surface area contributed by atoms with Gasteiger partial charge in [-0.1, -0.05) is 114 Å². The van der Waals surface area contributed by atoms with Crippen molar-refractivity contribution in [2.45, 2.75) is 125 Å². The largest absolute Gasteiger partial charge is 0.463 e. The first-order valence-electron chi connectivity index (χ1n) is 13.5. The van der Waals surface area contributed by atoms with Crippen LogP contribution in [-0.2, 0) is 32.6 Å². The Balaban J connectivity index is 2.38. The topological polar surface area (TPSA) is 27.7 Å². The Bertz CT molecular complexity index is 1010. The number of rotatable bonds is 3. The zero-order valence-corrected chi connectivity index (χ0v) is 26.0. The Morgan fingerprint density at radius 2 is 1.03 bits per heavy atom. The summed E-state index contributed by atoms with van der Waals surface area (Å²) in [4.78, 5) is 0. The van der Waals surface area contributed by atoms with Crippen molar-refractivity contribution in [3.05, 3.63) is 57.6 Å². The molecule has 0 aromatic heterocycles. The molecule has 0 spiro atoms. The van der Waals surface area contributed by atoms with Crippen LogP contribution in [0.1, 0.15) is 130 Å². The van der Waals surface area contributed by atoms with Crippen molar-refractivity contribution in [3.8, 4) is 11.5 Å². The third-order valence-corrected chi connectivity index (χ3v) is 7.85. The molecule has 0 atom stereocenters. The summed E-state index contributed by atoms with van der Waals surface area (Å²) in [5, 5.41) is 0. The lowest BCUT2D eigenvalue weighted by Gasteiger charge is -2.34. The van der Waals surface area contributed by atoms with E-state index >= 15 is 0 Å². The molecule has 0 radical (unpaired) electrons. The lowest BCUT2D eigenvalue weighted by Crippen LogP contribution is -2.22. The van der Waals surface area contributed by atoms with Crippen molar-refractivity contribution in [3.63, 3.8) is 0 Å². The van der Waals surface area contributed by atoms with Crippen LogP contribution in [0.3, 0.4) is 0 Å². The maximum absolute atomic E-state index is 6.71. The minimum Gasteiger partial charge on any atom is -0.417 e. The summed E-state index contributed by atoms with van der Waals surface area (Å²) in [6.45, 7) is 30.0. The van der Waals surface area contributed by atoms with Crippen molar-refractivity contribution < 1.29 is 13.6 Å². The molecule has 2 aromatic rings. The van der Waals surface area contributed by atoms with Gasteiger partial charge in [0.2, 0.25) is 0 Å². The highest BCUT2D eigenvalue weighted by Crippen LogP contribution is 2.53. The van der Waals surface area contributed by atoms with Crippen LogP contribution < -0.4 is 9.05 Å². The summed E-state index contributed by atoms with van der Waals surface area (Å²) >= 11 is 0. The lowest BCUT2D eigenvalue weighted by atomic mass is 9.76. The molecule has 0 aliphatic carbocycles. The molecule has 1 aliphatic heterocycles. The standard InChI is InChI=1S/C32H49O3P/c1-14-15-33-36-34-27-21(17-23(29(2,3)4)19-25(27)31(8,9)10)16-22-18-24(30(5,6)7)20-26(28(22)35-36)32(11,12)13/h17-20H,14-16H2,1-13H3. The summed E-state index contributed by atoms with van der Waals surface area (Å²) in [6.07, 6.45) is 1.68. The van der Waals surface area contributed by atoms with E-state index in [4.69, 9.17) is 13.6 Å². The zero-order valence-electron chi connectivity index (χ0n) is 25.1. The molecule has 0 fully saturated rings. The van der Waals surface area contributed by atoms with Crippen LogP contribution in [0.15, 0.2) is 24.3 Å². The van der Waals surface area contributed by atoms with Gasteiger partial charge in [0.15, 0.2) is 0 Å². The van der Waals surface area contributed by atoms with Gasteiger partial charge < -0.3 is 9.05 Å². The molecule has 3 rings (SSSR count). The van der Waals surface area contributed by atoms with Crippen molar-refractivity contribution in [2.75, 3.05) is 6.61 Å². The van der Waals surface area contributed by atoms with E-state index < -0.39 is 8.60 Å². The minimum absolute atomic E-state index is 0.0317. The number of fused-ring (bicyclic) bond motifs is 2. The van der Waals surface area contributed by atoms with Crippen LogP contribution in [0, 0.1) is 0 Å². The molecule has 3 nitrogen and oxygen atoms in total. The highest BCUT2D eigenvalue weighted by Gasteiger charge is 2.34. The fourth-order valence-corrected chi connectivity index (χ4v) is 5.63. The fraction of sp³-hybridized carbons (Fsp3) is 0.625. The van der Waals surface area contributed by atoms with E-state index in [2.05, 4.69) is 114 Å². The predicted octanol–water partition coefficient (Wildman–Crippen LogP) is 9.89. The molecular weight excluding hydrogens is 463 g/mol. The van der Waals surface area contributed by atoms with Gasteiger partial charge in [-0.15, -0.1) is 0 Å². The van der Waals surface area contributed by atoms with Crippen LogP contribution in [-0.4, -0.2) is 6.61 Å². The van der Waals surface area contributed by atoms with E-state index in [1.54, 1.807) is 0 Å². The second-order valence-electron chi connectivity index (χ2n) is 14.4. The second-order valence-corrected chi connectivity index (χ2v) is 15.5. The van der Waals surface area contributed by atoms with Gasteiger partial charge in [-0.3, -0.25) is 4.52 Å². The van der Waals surface area contributed by atoms with Crippen LogP contribution >= 0.6 is 8.60 Å². The smallest absolute Gasteiger partial charge is 0.417 e. The summed E-state index contributed by atoms with van der Waals surface area (Å²) in [6, 6.07) is 9.38. The third kappa shape index (κ3) is 6.46. The molecule has 4 heteroatoms. The highest BCUT2D eigenvalue weighted by atomic mass is 31.2. The molecule has 2 aromatic carbocycles.